The molecule has 0 fully saturated rings. The molecule has 1 aliphatic heterocycles. The molecule has 0 radical (unpaired) electrons. The maximum Gasteiger partial charge on any atom is 0.317 e. The Bertz CT molecular complexity index is 1440. The Morgan fingerprint density at radius 2 is 1.75 bits per heavy atom. The molecule has 3 aromatic carbocycles. The summed E-state index contributed by atoms with van der Waals surface area (Å²) >= 11 is 0. The first-order valence-corrected chi connectivity index (χ1v) is 11.1. The SMILES string of the molecule is C=NN(/C=N\C)c1ccc(-c2nnc(NC3N=C(c4ccccc4)c4ccccc4NC3=O)o2)cc1. The summed E-state index contributed by atoms with van der Waals surface area (Å²) in [5.74, 6) is -0.0528. The second kappa shape index (κ2) is 10.0. The number of anilines is 3. The van der Waals surface area contributed by atoms with Crippen molar-refractivity contribution in [1.82, 2.24) is 10.2 Å². The van der Waals surface area contributed by atoms with Crippen LogP contribution in [0.15, 0.2) is 98.4 Å². The summed E-state index contributed by atoms with van der Waals surface area (Å²) in [5, 5.41) is 19.5. The number of aromatic nitrogens is 2. The van der Waals surface area contributed by atoms with Crippen LogP contribution in [-0.2, 0) is 4.79 Å². The molecule has 0 saturated heterocycles. The van der Waals surface area contributed by atoms with E-state index in [1.165, 1.54) is 5.01 Å². The molecule has 4 aromatic rings. The van der Waals surface area contributed by atoms with Crippen LogP contribution in [0.3, 0.4) is 0 Å². The van der Waals surface area contributed by atoms with Crippen molar-refractivity contribution in [1.29, 1.82) is 0 Å². The molecule has 1 aliphatic rings. The fourth-order valence-corrected chi connectivity index (χ4v) is 3.75. The molecule has 36 heavy (non-hydrogen) atoms. The molecule has 1 aromatic heterocycles. The number of amides is 1. The Hall–Kier alpha value is -5.12. The van der Waals surface area contributed by atoms with Crippen molar-refractivity contribution in [3.05, 3.63) is 90.0 Å². The Morgan fingerprint density at radius 1 is 1.00 bits per heavy atom. The maximum atomic E-state index is 13.0. The number of rotatable bonds is 7. The van der Waals surface area contributed by atoms with E-state index in [0.717, 1.165) is 16.8 Å². The number of benzene rings is 3. The first-order chi connectivity index (χ1) is 17.7. The van der Waals surface area contributed by atoms with Crippen LogP contribution < -0.4 is 15.6 Å². The lowest BCUT2D eigenvalue weighted by atomic mass is 10.0. The molecule has 2 heterocycles. The van der Waals surface area contributed by atoms with E-state index in [0.29, 0.717) is 17.0 Å². The van der Waals surface area contributed by atoms with Gasteiger partial charge in [-0.3, -0.25) is 9.79 Å². The van der Waals surface area contributed by atoms with Gasteiger partial charge in [-0.15, -0.1) is 5.10 Å². The van der Waals surface area contributed by atoms with Gasteiger partial charge in [-0.25, -0.2) is 10.0 Å². The van der Waals surface area contributed by atoms with Crippen LogP contribution in [0, 0.1) is 0 Å². The highest BCUT2D eigenvalue weighted by Crippen LogP contribution is 2.26. The van der Waals surface area contributed by atoms with E-state index in [1.54, 1.807) is 13.4 Å². The molecule has 0 aliphatic carbocycles. The van der Waals surface area contributed by atoms with Crippen molar-refractivity contribution in [3.8, 4) is 11.5 Å². The van der Waals surface area contributed by atoms with Gasteiger partial charge in [-0.2, -0.15) is 5.10 Å². The van der Waals surface area contributed by atoms with Crippen molar-refractivity contribution < 1.29 is 9.21 Å². The number of hydrazone groups is 1. The molecule has 5 rings (SSSR count). The molecule has 10 heteroatoms. The lowest BCUT2D eigenvalue weighted by Gasteiger charge is -2.12. The molecular weight excluding hydrogens is 456 g/mol. The van der Waals surface area contributed by atoms with Crippen LogP contribution in [0.25, 0.3) is 11.5 Å². The molecule has 178 valence electrons. The minimum Gasteiger partial charge on any atom is -0.403 e. The Kier molecular flexibility index (Phi) is 6.31. The number of nitrogens with one attached hydrogen (secondary N) is 2. The van der Waals surface area contributed by atoms with E-state index in [2.05, 4.69) is 37.6 Å². The van der Waals surface area contributed by atoms with E-state index in [9.17, 15) is 4.79 Å². The molecule has 10 nitrogen and oxygen atoms in total. The molecule has 1 amide bonds. The summed E-state index contributed by atoms with van der Waals surface area (Å²) in [7, 11) is 1.65. The zero-order valence-corrected chi connectivity index (χ0v) is 19.4. The summed E-state index contributed by atoms with van der Waals surface area (Å²) < 4.78 is 5.80. The van der Waals surface area contributed by atoms with Crippen LogP contribution in [0.2, 0.25) is 0 Å². The van der Waals surface area contributed by atoms with E-state index in [4.69, 9.17) is 9.41 Å². The highest BCUT2D eigenvalue weighted by Gasteiger charge is 2.27. The Balaban J connectivity index is 1.41. The van der Waals surface area contributed by atoms with Gasteiger partial charge in [0.05, 0.1) is 17.1 Å². The van der Waals surface area contributed by atoms with E-state index < -0.39 is 6.17 Å². The number of para-hydroxylation sites is 1. The van der Waals surface area contributed by atoms with Crippen molar-refractivity contribution in [3.63, 3.8) is 0 Å². The molecule has 0 spiro atoms. The molecule has 1 atom stereocenters. The predicted molar refractivity (Wildman–Crippen MR) is 141 cm³/mol. The molecule has 0 bridgehead atoms. The standard InChI is InChI=1S/C26H22N8O2/c1-27-16-34(28-2)19-14-12-18(13-15-19)25-32-33-26(36-25)31-23-24(35)29-21-11-7-6-10-20(21)22(30-23)17-8-4-3-5-9-17/h3-16,23H,2H2,1H3,(H,29,35)(H,31,33)/b27-16-. The van der Waals surface area contributed by atoms with E-state index in [-0.39, 0.29) is 17.8 Å². The molecule has 1 unspecified atom stereocenters. The minimum absolute atomic E-state index is 0.0730. The fourth-order valence-electron chi connectivity index (χ4n) is 3.75. The molecule has 0 saturated carbocycles. The van der Waals surface area contributed by atoms with Gasteiger partial charge in [0, 0.05) is 30.5 Å². The fraction of sp³-hybridized carbons (Fsp3) is 0.0769. The number of fused-ring (bicyclic) bond motifs is 1. The third kappa shape index (κ3) is 4.60. The molecular formula is C26H22N8O2. The lowest BCUT2D eigenvalue weighted by Crippen LogP contribution is -2.32. The quantitative estimate of drug-likeness (QED) is 0.235. The summed E-state index contributed by atoms with van der Waals surface area (Å²) in [5.41, 5.74) is 4.53. The van der Waals surface area contributed by atoms with Gasteiger partial charge in [-0.1, -0.05) is 53.6 Å². The summed E-state index contributed by atoms with van der Waals surface area (Å²) in [6, 6.07) is 24.6. The Labute approximate surface area is 207 Å². The van der Waals surface area contributed by atoms with Crippen molar-refractivity contribution >= 4 is 42.1 Å². The van der Waals surface area contributed by atoms with Gasteiger partial charge < -0.3 is 15.1 Å². The van der Waals surface area contributed by atoms with Crippen LogP contribution in [0.4, 0.5) is 17.4 Å². The summed E-state index contributed by atoms with van der Waals surface area (Å²) in [6.07, 6.45) is 0.570. The topological polar surface area (TPSA) is 120 Å². The summed E-state index contributed by atoms with van der Waals surface area (Å²) in [6.45, 7) is 3.54. The number of benzodiazepines with no additional fused rings is 1. The number of hydrogen-bond donors (Lipinski definition) is 2. The zero-order valence-electron chi connectivity index (χ0n) is 19.4. The normalized spacial score (nSPS) is 15.0. The number of carbonyl (C=O) groups is 1. The third-order valence-corrected chi connectivity index (χ3v) is 5.44. The van der Waals surface area contributed by atoms with Crippen LogP contribution in [0.1, 0.15) is 11.1 Å². The maximum absolute atomic E-state index is 13.0. The first-order valence-electron chi connectivity index (χ1n) is 11.1. The lowest BCUT2D eigenvalue weighted by molar-refractivity contribution is -0.116. The summed E-state index contributed by atoms with van der Waals surface area (Å²) in [4.78, 5) is 21.7. The van der Waals surface area contributed by atoms with Gasteiger partial charge in [0.15, 0.2) is 0 Å². The third-order valence-electron chi connectivity index (χ3n) is 5.44. The second-order valence-electron chi connectivity index (χ2n) is 7.74. The van der Waals surface area contributed by atoms with Crippen LogP contribution >= 0.6 is 0 Å². The smallest absolute Gasteiger partial charge is 0.317 e. The highest BCUT2D eigenvalue weighted by atomic mass is 16.4. The van der Waals surface area contributed by atoms with Crippen molar-refractivity contribution in [2.45, 2.75) is 6.17 Å². The van der Waals surface area contributed by atoms with Gasteiger partial charge in [0.25, 0.3) is 5.91 Å². The largest absolute Gasteiger partial charge is 0.403 e. The Morgan fingerprint density at radius 3 is 2.50 bits per heavy atom. The predicted octanol–water partition coefficient (Wildman–Crippen LogP) is 4.04. The van der Waals surface area contributed by atoms with Crippen LogP contribution in [0.5, 0.6) is 0 Å². The average Bonchev–Trinajstić information content (AvgIpc) is 3.34. The monoisotopic (exact) mass is 478 g/mol. The van der Waals surface area contributed by atoms with Crippen molar-refractivity contribution in [2.24, 2.45) is 15.1 Å². The van der Waals surface area contributed by atoms with Gasteiger partial charge >= 0.3 is 6.01 Å². The minimum atomic E-state index is -0.983. The average molecular weight is 479 g/mol. The first kappa shape index (κ1) is 22.7. The highest BCUT2D eigenvalue weighted by molar-refractivity contribution is 6.19. The zero-order chi connectivity index (χ0) is 24.9. The van der Waals surface area contributed by atoms with E-state index in [1.807, 2.05) is 78.9 Å². The van der Waals surface area contributed by atoms with Gasteiger partial charge in [-0.05, 0) is 30.3 Å². The van der Waals surface area contributed by atoms with Gasteiger partial charge in [0.1, 0.15) is 6.34 Å². The molecule has 2 N–H and O–H groups in total. The number of nitrogens with zero attached hydrogens (tertiary/aromatic N) is 6. The van der Waals surface area contributed by atoms with Gasteiger partial charge in [0.2, 0.25) is 12.1 Å². The number of hydrogen-bond acceptors (Lipinski definition) is 8. The number of carbonyl (C=O) groups excluding carboxylic acids is 1. The van der Waals surface area contributed by atoms with Crippen molar-refractivity contribution in [2.75, 3.05) is 22.7 Å². The number of aliphatic imine (C=N–C) groups is 2. The van der Waals surface area contributed by atoms with Crippen LogP contribution in [-0.4, -0.2) is 48.1 Å². The van der Waals surface area contributed by atoms with E-state index >= 15 is 0 Å². The second-order valence-corrected chi connectivity index (χ2v) is 7.74.